The Morgan fingerprint density at radius 3 is 2.57 bits per heavy atom. The Bertz CT molecular complexity index is 765. The van der Waals surface area contributed by atoms with Crippen molar-refractivity contribution >= 4 is 11.7 Å². The molecule has 1 aromatic heterocycles. The van der Waals surface area contributed by atoms with Gasteiger partial charge in [0.25, 0.3) is 5.91 Å². The van der Waals surface area contributed by atoms with Crippen LogP contribution >= 0.6 is 0 Å². The van der Waals surface area contributed by atoms with Crippen LogP contribution in [0.1, 0.15) is 50.2 Å². The summed E-state index contributed by atoms with van der Waals surface area (Å²) in [6.45, 7) is 4.72. The van der Waals surface area contributed by atoms with E-state index < -0.39 is 12.4 Å². The molecule has 0 unspecified atom stereocenters. The molecular weight excluding hydrogens is 299 g/mol. The topological polar surface area (TPSA) is 82.2 Å². The van der Waals surface area contributed by atoms with Gasteiger partial charge in [0.05, 0.1) is 6.61 Å². The number of H-pyrrole nitrogens is 1. The van der Waals surface area contributed by atoms with E-state index in [2.05, 4.69) is 10.3 Å². The fourth-order valence-corrected chi connectivity index (χ4v) is 2.64. The highest BCUT2D eigenvalue weighted by molar-refractivity contribution is 6.02. The first-order chi connectivity index (χ1) is 10.8. The predicted octanol–water partition coefficient (Wildman–Crippen LogP) is 2.40. The van der Waals surface area contributed by atoms with E-state index in [4.69, 9.17) is 5.11 Å². The van der Waals surface area contributed by atoms with E-state index in [0.29, 0.717) is 28.1 Å². The highest BCUT2D eigenvalue weighted by atomic mass is 19.1. The van der Waals surface area contributed by atoms with Crippen LogP contribution in [0.3, 0.4) is 0 Å². The second kappa shape index (κ2) is 6.75. The SMILES string of the molecule is CC(=O)c1c(C)[nH]c(C(=O)NCc2ccc(F)c(CO)c2)c1C. The van der Waals surface area contributed by atoms with Gasteiger partial charge in [0.1, 0.15) is 11.5 Å². The van der Waals surface area contributed by atoms with E-state index in [0.717, 1.165) is 0 Å². The van der Waals surface area contributed by atoms with E-state index in [1.54, 1.807) is 19.9 Å². The van der Waals surface area contributed by atoms with Crippen LogP contribution in [-0.2, 0) is 13.2 Å². The van der Waals surface area contributed by atoms with Crippen molar-refractivity contribution in [2.45, 2.75) is 33.9 Å². The lowest BCUT2D eigenvalue weighted by Gasteiger charge is -2.07. The first-order valence-electron chi connectivity index (χ1n) is 7.21. The molecule has 23 heavy (non-hydrogen) atoms. The van der Waals surface area contributed by atoms with Gasteiger partial charge < -0.3 is 15.4 Å². The molecule has 0 spiro atoms. The van der Waals surface area contributed by atoms with Gasteiger partial charge in [-0.1, -0.05) is 6.07 Å². The second-order valence-electron chi connectivity index (χ2n) is 5.45. The van der Waals surface area contributed by atoms with Gasteiger partial charge >= 0.3 is 0 Å². The van der Waals surface area contributed by atoms with Gasteiger partial charge in [0.2, 0.25) is 0 Å². The third-order valence-electron chi connectivity index (χ3n) is 3.75. The predicted molar refractivity (Wildman–Crippen MR) is 83.8 cm³/mol. The number of aryl methyl sites for hydroxylation is 1. The van der Waals surface area contributed by atoms with Gasteiger partial charge in [-0.2, -0.15) is 0 Å². The number of aromatic amines is 1. The number of ketones is 1. The molecule has 0 saturated carbocycles. The molecule has 1 heterocycles. The summed E-state index contributed by atoms with van der Waals surface area (Å²) in [6.07, 6.45) is 0. The Kier molecular flexibility index (Phi) is 4.95. The molecule has 0 atom stereocenters. The summed E-state index contributed by atoms with van der Waals surface area (Å²) in [5.74, 6) is -0.918. The zero-order valence-electron chi connectivity index (χ0n) is 13.3. The number of amides is 1. The average Bonchev–Trinajstić information content (AvgIpc) is 2.81. The van der Waals surface area contributed by atoms with Crippen LogP contribution in [0.25, 0.3) is 0 Å². The number of hydrogen-bond donors (Lipinski definition) is 3. The number of carbonyl (C=O) groups excluding carboxylic acids is 2. The highest BCUT2D eigenvalue weighted by Gasteiger charge is 2.19. The standard InChI is InChI=1S/C17H19FN2O3/c1-9-15(11(3)22)10(2)20-16(9)17(23)19-7-12-4-5-14(18)13(6-12)8-21/h4-6,20-21H,7-8H2,1-3H3,(H,19,23). The molecule has 0 radical (unpaired) electrons. The number of Topliss-reactive ketones (excluding diaryl/α,β-unsaturated/α-hetero) is 1. The zero-order valence-corrected chi connectivity index (χ0v) is 13.3. The normalized spacial score (nSPS) is 10.7. The zero-order chi connectivity index (χ0) is 17.1. The maximum Gasteiger partial charge on any atom is 0.268 e. The van der Waals surface area contributed by atoms with Gasteiger partial charge in [0.15, 0.2) is 5.78 Å². The van der Waals surface area contributed by atoms with Crippen LogP contribution in [0, 0.1) is 19.7 Å². The molecule has 0 aliphatic rings. The van der Waals surface area contributed by atoms with Gasteiger partial charge in [0, 0.05) is 23.4 Å². The summed E-state index contributed by atoms with van der Waals surface area (Å²) in [5, 5.41) is 11.8. The van der Waals surface area contributed by atoms with Gasteiger partial charge in [-0.25, -0.2) is 4.39 Å². The Labute approximate surface area is 133 Å². The minimum absolute atomic E-state index is 0.0959. The van der Waals surface area contributed by atoms with Crippen molar-refractivity contribution in [3.8, 4) is 0 Å². The summed E-state index contributed by atoms with van der Waals surface area (Å²) >= 11 is 0. The number of carbonyl (C=O) groups is 2. The molecule has 0 aliphatic heterocycles. The molecule has 5 nitrogen and oxygen atoms in total. The van der Waals surface area contributed by atoms with Crippen molar-refractivity contribution < 1.29 is 19.1 Å². The molecule has 0 aliphatic carbocycles. The quantitative estimate of drug-likeness (QED) is 0.740. The number of halogens is 1. The average molecular weight is 318 g/mol. The number of aromatic nitrogens is 1. The summed E-state index contributed by atoms with van der Waals surface area (Å²) in [7, 11) is 0. The van der Waals surface area contributed by atoms with Crippen molar-refractivity contribution in [1.82, 2.24) is 10.3 Å². The van der Waals surface area contributed by atoms with Crippen molar-refractivity contribution in [3.63, 3.8) is 0 Å². The Morgan fingerprint density at radius 2 is 2.00 bits per heavy atom. The molecule has 2 aromatic rings. The Hall–Kier alpha value is -2.47. The fraction of sp³-hybridized carbons (Fsp3) is 0.294. The summed E-state index contributed by atoms with van der Waals surface area (Å²) in [6, 6.07) is 4.30. The lowest BCUT2D eigenvalue weighted by Crippen LogP contribution is -2.24. The maximum atomic E-state index is 13.3. The van der Waals surface area contributed by atoms with Crippen LogP contribution in [-0.4, -0.2) is 21.8 Å². The highest BCUT2D eigenvalue weighted by Crippen LogP contribution is 2.18. The first-order valence-corrected chi connectivity index (χ1v) is 7.21. The van der Waals surface area contributed by atoms with E-state index in [-0.39, 0.29) is 23.8 Å². The molecule has 0 bridgehead atoms. The fourth-order valence-electron chi connectivity index (χ4n) is 2.64. The smallest absolute Gasteiger partial charge is 0.268 e. The molecule has 2 rings (SSSR count). The van der Waals surface area contributed by atoms with Gasteiger partial charge in [-0.3, -0.25) is 9.59 Å². The van der Waals surface area contributed by atoms with Gasteiger partial charge in [-0.15, -0.1) is 0 Å². The van der Waals surface area contributed by atoms with Crippen molar-refractivity contribution in [2.24, 2.45) is 0 Å². The Balaban J connectivity index is 2.14. The van der Waals surface area contributed by atoms with E-state index >= 15 is 0 Å². The molecule has 1 aromatic carbocycles. The lowest BCUT2D eigenvalue weighted by molar-refractivity contribution is 0.0945. The van der Waals surface area contributed by atoms with Gasteiger partial charge in [-0.05, 0) is 44.0 Å². The third-order valence-corrected chi connectivity index (χ3v) is 3.75. The molecule has 1 amide bonds. The molecule has 3 N–H and O–H groups in total. The number of aliphatic hydroxyl groups excluding tert-OH is 1. The number of aliphatic hydroxyl groups is 1. The third kappa shape index (κ3) is 3.48. The van der Waals surface area contributed by atoms with E-state index in [9.17, 15) is 14.0 Å². The van der Waals surface area contributed by atoms with Crippen LogP contribution in [0.4, 0.5) is 4.39 Å². The molecular formula is C17H19FN2O3. The largest absolute Gasteiger partial charge is 0.392 e. The van der Waals surface area contributed by atoms with Crippen molar-refractivity contribution in [1.29, 1.82) is 0 Å². The maximum absolute atomic E-state index is 13.3. The minimum atomic E-state index is -0.482. The first kappa shape index (κ1) is 16.9. The van der Waals surface area contributed by atoms with Crippen LogP contribution in [0.5, 0.6) is 0 Å². The summed E-state index contributed by atoms with van der Waals surface area (Å²) in [4.78, 5) is 26.8. The van der Waals surface area contributed by atoms with Crippen LogP contribution in [0.2, 0.25) is 0 Å². The van der Waals surface area contributed by atoms with Crippen molar-refractivity contribution in [3.05, 3.63) is 57.7 Å². The molecule has 0 fully saturated rings. The monoisotopic (exact) mass is 318 g/mol. The van der Waals surface area contributed by atoms with Crippen LogP contribution < -0.4 is 5.32 Å². The number of rotatable bonds is 5. The van der Waals surface area contributed by atoms with E-state index in [1.807, 2.05) is 0 Å². The lowest BCUT2D eigenvalue weighted by atomic mass is 10.1. The minimum Gasteiger partial charge on any atom is -0.392 e. The Morgan fingerprint density at radius 1 is 1.30 bits per heavy atom. The summed E-state index contributed by atoms with van der Waals surface area (Å²) < 4.78 is 13.3. The number of nitrogens with one attached hydrogen (secondary N) is 2. The van der Waals surface area contributed by atoms with Crippen LogP contribution in [0.15, 0.2) is 18.2 Å². The number of hydrogen-bond acceptors (Lipinski definition) is 3. The molecule has 0 saturated heterocycles. The summed E-state index contributed by atoms with van der Waals surface area (Å²) in [5.41, 5.74) is 3.00. The molecule has 6 heteroatoms. The molecule has 122 valence electrons. The van der Waals surface area contributed by atoms with Crippen molar-refractivity contribution in [2.75, 3.05) is 0 Å². The van der Waals surface area contributed by atoms with E-state index in [1.165, 1.54) is 19.1 Å². The number of benzene rings is 1. The second-order valence-corrected chi connectivity index (χ2v) is 5.45.